The summed E-state index contributed by atoms with van der Waals surface area (Å²) >= 11 is 0. The Morgan fingerprint density at radius 2 is 1.68 bits per heavy atom. The quantitative estimate of drug-likeness (QED) is 0.734. The molecule has 2 heterocycles. The van der Waals surface area contributed by atoms with Crippen LogP contribution < -0.4 is 5.73 Å². The molecule has 0 aromatic carbocycles. The van der Waals surface area contributed by atoms with Crippen LogP contribution in [0.15, 0.2) is 0 Å². The number of aliphatic carboxylic acids is 1. The van der Waals surface area contributed by atoms with Crippen LogP contribution in [0.25, 0.3) is 0 Å². The lowest BCUT2D eigenvalue weighted by atomic mass is 9.95. The zero-order chi connectivity index (χ0) is 14.0. The lowest BCUT2D eigenvalue weighted by molar-refractivity contribution is -0.139. The minimum Gasteiger partial charge on any atom is -0.481 e. The molecule has 7 heteroatoms. The van der Waals surface area contributed by atoms with E-state index in [4.69, 9.17) is 10.8 Å². The second kappa shape index (κ2) is 5.46. The van der Waals surface area contributed by atoms with Gasteiger partial charge in [-0.1, -0.05) is 0 Å². The van der Waals surface area contributed by atoms with Crippen LogP contribution in [0.2, 0.25) is 0 Å². The molecule has 2 saturated heterocycles. The second-order valence-electron chi connectivity index (χ2n) is 5.32. The largest absolute Gasteiger partial charge is 0.481 e. The summed E-state index contributed by atoms with van der Waals surface area (Å²) in [6.07, 6.45) is 1.36. The summed E-state index contributed by atoms with van der Waals surface area (Å²) in [6, 6.07) is -0.0513. The van der Waals surface area contributed by atoms with E-state index in [0.29, 0.717) is 39.0 Å². The van der Waals surface area contributed by atoms with E-state index in [1.807, 2.05) is 0 Å². The Bertz CT molecular complexity index is 384. The van der Waals surface area contributed by atoms with Crippen molar-refractivity contribution >= 4 is 17.9 Å². The molecule has 2 rings (SSSR count). The molecule has 0 bridgehead atoms. The van der Waals surface area contributed by atoms with Crippen LogP contribution in [0, 0.1) is 11.8 Å². The summed E-state index contributed by atoms with van der Waals surface area (Å²) in [5.41, 5.74) is 5.24. The number of hydrogen-bond donors (Lipinski definition) is 2. The molecule has 0 saturated carbocycles. The summed E-state index contributed by atoms with van der Waals surface area (Å²) in [4.78, 5) is 37.0. The number of rotatable bonds is 3. The van der Waals surface area contributed by atoms with Gasteiger partial charge in [0, 0.05) is 38.0 Å². The lowest BCUT2D eigenvalue weighted by Crippen LogP contribution is -2.56. The molecule has 0 aromatic rings. The van der Waals surface area contributed by atoms with E-state index in [2.05, 4.69) is 0 Å². The fourth-order valence-corrected chi connectivity index (χ4v) is 2.66. The molecule has 19 heavy (non-hydrogen) atoms. The summed E-state index contributed by atoms with van der Waals surface area (Å²) < 4.78 is 0. The first kappa shape index (κ1) is 13.6. The van der Waals surface area contributed by atoms with E-state index in [0.717, 1.165) is 0 Å². The van der Waals surface area contributed by atoms with E-state index in [1.165, 1.54) is 0 Å². The third-order valence-corrected chi connectivity index (χ3v) is 3.86. The number of nitrogens with zero attached hydrogens (tertiary/aromatic N) is 2. The van der Waals surface area contributed by atoms with Gasteiger partial charge in [0.2, 0.25) is 5.91 Å². The number of carboxylic acid groups (broad SMARTS) is 1. The average molecular weight is 269 g/mol. The minimum atomic E-state index is -0.820. The molecule has 0 radical (unpaired) electrons. The average Bonchev–Trinajstić information content (AvgIpc) is 2.32. The van der Waals surface area contributed by atoms with Crippen molar-refractivity contribution in [1.82, 2.24) is 9.80 Å². The maximum atomic E-state index is 12.1. The summed E-state index contributed by atoms with van der Waals surface area (Å²) in [6.45, 7) is 2.13. The number of likely N-dealkylation sites (tertiary alicyclic amines) is 2. The van der Waals surface area contributed by atoms with Gasteiger partial charge in [0.05, 0.1) is 6.42 Å². The fraction of sp³-hybridized carbons (Fsp3) is 0.750. The monoisotopic (exact) mass is 269 g/mol. The van der Waals surface area contributed by atoms with Crippen LogP contribution in [-0.4, -0.2) is 59.0 Å². The van der Waals surface area contributed by atoms with Gasteiger partial charge in [-0.15, -0.1) is 0 Å². The Labute approximate surface area is 111 Å². The molecule has 3 N–H and O–H groups in total. The Morgan fingerprint density at radius 1 is 1.11 bits per heavy atom. The van der Waals surface area contributed by atoms with Crippen LogP contribution in [0.1, 0.15) is 19.3 Å². The highest BCUT2D eigenvalue weighted by molar-refractivity contribution is 5.78. The van der Waals surface area contributed by atoms with Gasteiger partial charge in [0.1, 0.15) is 0 Å². The number of primary amides is 1. The van der Waals surface area contributed by atoms with Crippen molar-refractivity contribution < 1.29 is 19.5 Å². The molecule has 0 atom stereocenters. The van der Waals surface area contributed by atoms with E-state index >= 15 is 0 Å². The number of carbonyl (C=O) groups excluding carboxylic acids is 2. The van der Waals surface area contributed by atoms with Crippen LogP contribution in [-0.2, 0) is 9.59 Å². The summed E-state index contributed by atoms with van der Waals surface area (Å²) in [5, 5.41) is 8.65. The maximum absolute atomic E-state index is 12.1. The van der Waals surface area contributed by atoms with Crippen LogP contribution in [0.4, 0.5) is 4.79 Å². The van der Waals surface area contributed by atoms with Gasteiger partial charge in [0.15, 0.2) is 0 Å². The first-order valence-electron chi connectivity index (χ1n) is 6.52. The molecular formula is C12H19N3O4. The molecule has 0 aromatic heterocycles. The molecular weight excluding hydrogens is 250 g/mol. The SMILES string of the molecule is NC(=O)C1CCN(C(=O)N2CC(CC(=O)O)C2)CC1. The first-order chi connectivity index (χ1) is 8.97. The van der Waals surface area contributed by atoms with Crippen LogP contribution in [0.5, 0.6) is 0 Å². The number of carboxylic acids is 1. The smallest absolute Gasteiger partial charge is 0.320 e. The first-order valence-corrected chi connectivity index (χ1v) is 6.52. The van der Waals surface area contributed by atoms with Gasteiger partial charge in [-0.2, -0.15) is 0 Å². The number of amides is 3. The van der Waals surface area contributed by atoms with Crippen molar-refractivity contribution in [1.29, 1.82) is 0 Å². The zero-order valence-electron chi connectivity index (χ0n) is 10.7. The minimum absolute atomic E-state index is 0.0513. The molecule has 106 valence electrons. The highest BCUT2D eigenvalue weighted by Crippen LogP contribution is 2.23. The Kier molecular flexibility index (Phi) is 3.92. The van der Waals surface area contributed by atoms with Crippen molar-refractivity contribution in [2.75, 3.05) is 26.2 Å². The van der Waals surface area contributed by atoms with Crippen molar-refractivity contribution in [3.05, 3.63) is 0 Å². The molecule has 3 amide bonds. The highest BCUT2D eigenvalue weighted by atomic mass is 16.4. The Balaban J connectivity index is 1.74. The molecule has 2 aliphatic heterocycles. The highest BCUT2D eigenvalue weighted by Gasteiger charge is 2.36. The van der Waals surface area contributed by atoms with Gasteiger partial charge in [-0.3, -0.25) is 9.59 Å². The summed E-state index contributed by atoms with van der Waals surface area (Å²) in [5.74, 6) is -1.17. The Morgan fingerprint density at radius 3 is 2.16 bits per heavy atom. The van der Waals surface area contributed by atoms with Gasteiger partial charge < -0.3 is 20.6 Å². The van der Waals surface area contributed by atoms with E-state index in [-0.39, 0.29) is 30.2 Å². The van der Waals surface area contributed by atoms with Crippen molar-refractivity contribution in [3.63, 3.8) is 0 Å². The molecule has 0 unspecified atom stereocenters. The molecule has 0 aliphatic carbocycles. The molecule has 0 spiro atoms. The second-order valence-corrected chi connectivity index (χ2v) is 5.32. The maximum Gasteiger partial charge on any atom is 0.320 e. The number of urea groups is 1. The molecule has 2 aliphatic rings. The third-order valence-electron chi connectivity index (χ3n) is 3.86. The lowest BCUT2D eigenvalue weighted by Gasteiger charge is -2.42. The standard InChI is InChI=1S/C12H19N3O4/c13-11(18)9-1-3-14(4-2-9)12(19)15-6-8(7-15)5-10(16)17/h8-9H,1-7H2,(H2,13,18)(H,16,17). The van der Waals surface area contributed by atoms with Gasteiger partial charge in [-0.25, -0.2) is 4.79 Å². The normalized spacial score (nSPS) is 21.1. The zero-order valence-corrected chi connectivity index (χ0v) is 10.7. The number of nitrogens with two attached hydrogens (primary N) is 1. The van der Waals surface area contributed by atoms with Crippen molar-refractivity contribution in [2.45, 2.75) is 19.3 Å². The fourth-order valence-electron chi connectivity index (χ4n) is 2.66. The van der Waals surface area contributed by atoms with Crippen molar-refractivity contribution in [2.24, 2.45) is 17.6 Å². The van der Waals surface area contributed by atoms with E-state index < -0.39 is 5.97 Å². The molecule has 7 nitrogen and oxygen atoms in total. The van der Waals surface area contributed by atoms with Gasteiger partial charge in [0.25, 0.3) is 0 Å². The molecule has 2 fully saturated rings. The number of piperidine rings is 1. The van der Waals surface area contributed by atoms with Crippen LogP contribution >= 0.6 is 0 Å². The van der Waals surface area contributed by atoms with E-state index in [1.54, 1.807) is 9.80 Å². The van der Waals surface area contributed by atoms with Gasteiger partial charge >= 0.3 is 12.0 Å². The topological polar surface area (TPSA) is 104 Å². The number of hydrogen-bond acceptors (Lipinski definition) is 3. The third kappa shape index (κ3) is 3.15. The van der Waals surface area contributed by atoms with E-state index in [9.17, 15) is 14.4 Å². The predicted octanol–water partition coefficient (Wildman–Crippen LogP) is -0.290. The van der Waals surface area contributed by atoms with Crippen LogP contribution in [0.3, 0.4) is 0 Å². The summed E-state index contributed by atoms with van der Waals surface area (Å²) in [7, 11) is 0. The predicted molar refractivity (Wildman–Crippen MR) is 66.2 cm³/mol. The Hall–Kier alpha value is -1.79. The number of carbonyl (C=O) groups is 3. The van der Waals surface area contributed by atoms with Crippen molar-refractivity contribution in [3.8, 4) is 0 Å². The van der Waals surface area contributed by atoms with Gasteiger partial charge in [-0.05, 0) is 12.8 Å².